The Bertz CT molecular complexity index is 1360. The van der Waals surface area contributed by atoms with E-state index < -0.39 is 0 Å². The van der Waals surface area contributed by atoms with Gasteiger partial charge in [-0.3, -0.25) is 9.79 Å². The molecule has 3 nitrogen and oxygen atoms in total. The molecule has 176 valence electrons. The van der Waals surface area contributed by atoms with Crippen LogP contribution in [-0.4, -0.2) is 12.1 Å². The largest absolute Gasteiger partial charge is 0.343 e. The van der Waals surface area contributed by atoms with Crippen LogP contribution in [0.5, 0.6) is 0 Å². The lowest BCUT2D eigenvalue weighted by molar-refractivity contribution is 0.0930. The molecule has 2 unspecified atom stereocenters. The van der Waals surface area contributed by atoms with E-state index in [1.54, 1.807) is 0 Å². The maximum absolute atomic E-state index is 13.4. The van der Waals surface area contributed by atoms with E-state index in [-0.39, 0.29) is 18.0 Å². The zero-order chi connectivity index (χ0) is 24.8. The van der Waals surface area contributed by atoms with Crippen LogP contribution in [0.4, 0.5) is 0 Å². The highest BCUT2D eigenvalue weighted by molar-refractivity contribution is 5.94. The molecule has 0 bridgehead atoms. The SMILES string of the molecule is Cc1cccc(C=NC(c2cccc(C)c2)C(NC(=O)c2cccc(C)c2)c2cccc(C)c2)c1. The molecule has 35 heavy (non-hydrogen) atoms. The van der Waals surface area contributed by atoms with Gasteiger partial charge in [0.2, 0.25) is 0 Å². The van der Waals surface area contributed by atoms with Crippen molar-refractivity contribution < 1.29 is 4.79 Å². The van der Waals surface area contributed by atoms with Crippen LogP contribution in [0.2, 0.25) is 0 Å². The fourth-order valence-electron chi connectivity index (χ4n) is 4.35. The monoisotopic (exact) mass is 460 g/mol. The Kier molecular flexibility index (Phi) is 7.57. The third kappa shape index (κ3) is 6.33. The second-order valence-electron chi connectivity index (χ2n) is 9.29. The first kappa shape index (κ1) is 24.2. The minimum atomic E-state index is -0.342. The van der Waals surface area contributed by atoms with Crippen molar-refractivity contribution in [1.29, 1.82) is 0 Å². The van der Waals surface area contributed by atoms with Crippen molar-refractivity contribution >= 4 is 12.1 Å². The Morgan fingerprint density at radius 3 is 1.86 bits per heavy atom. The van der Waals surface area contributed by atoms with E-state index in [0.29, 0.717) is 5.56 Å². The van der Waals surface area contributed by atoms with E-state index in [9.17, 15) is 4.79 Å². The van der Waals surface area contributed by atoms with Gasteiger partial charge in [-0.1, -0.05) is 107 Å². The van der Waals surface area contributed by atoms with Crippen molar-refractivity contribution in [2.45, 2.75) is 39.8 Å². The highest BCUT2D eigenvalue weighted by Crippen LogP contribution is 2.34. The quantitative estimate of drug-likeness (QED) is 0.290. The summed E-state index contributed by atoms with van der Waals surface area (Å²) in [5.41, 5.74) is 8.31. The molecule has 0 aliphatic carbocycles. The van der Waals surface area contributed by atoms with Crippen molar-refractivity contribution in [3.05, 3.63) is 142 Å². The van der Waals surface area contributed by atoms with Crippen molar-refractivity contribution in [1.82, 2.24) is 5.32 Å². The smallest absolute Gasteiger partial charge is 0.251 e. The molecule has 0 radical (unpaired) electrons. The summed E-state index contributed by atoms with van der Waals surface area (Å²) in [4.78, 5) is 18.5. The van der Waals surface area contributed by atoms with Crippen LogP contribution in [0.3, 0.4) is 0 Å². The number of nitrogens with zero attached hydrogens (tertiary/aromatic N) is 1. The standard InChI is InChI=1S/C32H32N2O/c1-22-9-5-13-26(17-22)21-33-30(27-14-6-10-23(2)18-27)31(28-15-7-11-24(3)19-28)34-32(35)29-16-8-12-25(4)20-29/h5-21,30-31H,1-4H3,(H,34,35). The predicted molar refractivity (Wildman–Crippen MR) is 145 cm³/mol. The average Bonchev–Trinajstić information content (AvgIpc) is 2.83. The van der Waals surface area contributed by atoms with E-state index >= 15 is 0 Å². The van der Waals surface area contributed by atoms with E-state index in [1.807, 2.05) is 49.5 Å². The Balaban J connectivity index is 1.80. The summed E-state index contributed by atoms with van der Waals surface area (Å²) in [7, 11) is 0. The summed E-state index contributed by atoms with van der Waals surface area (Å²) < 4.78 is 0. The molecule has 0 aliphatic heterocycles. The minimum absolute atomic E-state index is 0.108. The third-order valence-corrected chi connectivity index (χ3v) is 6.09. The third-order valence-electron chi connectivity index (χ3n) is 6.09. The molecule has 1 amide bonds. The summed E-state index contributed by atoms with van der Waals surface area (Å²) in [5.74, 6) is -0.108. The number of aliphatic imine (C=N–C) groups is 1. The molecule has 3 heteroatoms. The Labute approximate surface area is 208 Å². The molecule has 0 saturated carbocycles. The Hall–Kier alpha value is -3.98. The maximum Gasteiger partial charge on any atom is 0.251 e. The van der Waals surface area contributed by atoms with Gasteiger partial charge in [0.1, 0.15) is 0 Å². The van der Waals surface area contributed by atoms with Gasteiger partial charge in [0, 0.05) is 11.8 Å². The molecule has 0 heterocycles. The molecule has 0 aliphatic rings. The van der Waals surface area contributed by atoms with Gasteiger partial charge in [-0.15, -0.1) is 0 Å². The summed E-state index contributed by atoms with van der Waals surface area (Å²) in [6, 6.07) is 32.0. The Morgan fingerprint density at radius 1 is 0.686 bits per heavy atom. The second-order valence-corrected chi connectivity index (χ2v) is 9.29. The van der Waals surface area contributed by atoms with E-state index in [0.717, 1.165) is 33.4 Å². The number of hydrogen-bond donors (Lipinski definition) is 1. The van der Waals surface area contributed by atoms with Gasteiger partial charge in [-0.25, -0.2) is 0 Å². The molecule has 4 aromatic carbocycles. The molecule has 0 spiro atoms. The molecule has 1 N–H and O–H groups in total. The van der Waals surface area contributed by atoms with Gasteiger partial charge in [-0.2, -0.15) is 0 Å². The molecule has 4 aromatic rings. The summed E-state index contributed by atoms with van der Waals surface area (Å²) in [6.07, 6.45) is 1.92. The number of carbonyl (C=O) groups excluding carboxylic acids is 1. The van der Waals surface area contributed by atoms with Crippen molar-refractivity contribution in [3.63, 3.8) is 0 Å². The van der Waals surface area contributed by atoms with Gasteiger partial charge >= 0.3 is 0 Å². The number of hydrogen-bond acceptors (Lipinski definition) is 2. The average molecular weight is 461 g/mol. The summed E-state index contributed by atoms with van der Waals surface area (Å²) in [5, 5.41) is 3.32. The Morgan fingerprint density at radius 2 is 1.23 bits per heavy atom. The lowest BCUT2D eigenvalue weighted by Gasteiger charge is -2.27. The van der Waals surface area contributed by atoms with Crippen LogP contribution in [0, 0.1) is 27.7 Å². The van der Waals surface area contributed by atoms with Crippen LogP contribution in [0.15, 0.2) is 102 Å². The number of carbonyl (C=O) groups is 1. The van der Waals surface area contributed by atoms with E-state index in [2.05, 4.69) is 86.8 Å². The maximum atomic E-state index is 13.4. The summed E-state index contributed by atoms with van der Waals surface area (Å²) in [6.45, 7) is 8.22. The predicted octanol–water partition coefficient (Wildman–Crippen LogP) is 7.25. The lowest BCUT2D eigenvalue weighted by atomic mass is 9.91. The van der Waals surface area contributed by atoms with Gasteiger partial charge in [0.05, 0.1) is 12.1 Å². The van der Waals surface area contributed by atoms with Gasteiger partial charge in [-0.05, 0) is 56.5 Å². The normalized spacial score (nSPS) is 12.9. The van der Waals surface area contributed by atoms with Crippen LogP contribution in [-0.2, 0) is 0 Å². The van der Waals surface area contributed by atoms with Crippen LogP contribution < -0.4 is 5.32 Å². The van der Waals surface area contributed by atoms with Crippen molar-refractivity contribution in [3.8, 4) is 0 Å². The molecule has 0 fully saturated rings. The number of nitrogens with one attached hydrogen (secondary N) is 1. The first-order chi connectivity index (χ1) is 16.9. The van der Waals surface area contributed by atoms with Gasteiger partial charge in [0.25, 0.3) is 5.91 Å². The number of rotatable bonds is 7. The number of aryl methyl sites for hydroxylation is 4. The first-order valence-electron chi connectivity index (χ1n) is 12.0. The van der Waals surface area contributed by atoms with Gasteiger partial charge < -0.3 is 5.32 Å². The molecular formula is C32H32N2O. The molecule has 4 rings (SSSR count). The highest BCUT2D eigenvalue weighted by Gasteiger charge is 2.27. The van der Waals surface area contributed by atoms with Crippen molar-refractivity contribution in [2.24, 2.45) is 4.99 Å². The first-order valence-corrected chi connectivity index (χ1v) is 12.0. The zero-order valence-electron chi connectivity index (χ0n) is 20.8. The van der Waals surface area contributed by atoms with Crippen LogP contribution >= 0.6 is 0 Å². The second kappa shape index (κ2) is 11.0. The zero-order valence-corrected chi connectivity index (χ0v) is 20.8. The molecule has 2 atom stereocenters. The van der Waals surface area contributed by atoms with Crippen molar-refractivity contribution in [2.75, 3.05) is 0 Å². The van der Waals surface area contributed by atoms with Crippen LogP contribution in [0.1, 0.15) is 61.4 Å². The molecule has 0 aromatic heterocycles. The fourth-order valence-corrected chi connectivity index (χ4v) is 4.35. The lowest BCUT2D eigenvalue weighted by Crippen LogP contribution is -2.32. The molecule has 0 saturated heterocycles. The minimum Gasteiger partial charge on any atom is -0.343 e. The highest BCUT2D eigenvalue weighted by atomic mass is 16.1. The number of amides is 1. The fraction of sp³-hybridized carbons (Fsp3) is 0.188. The molecular weight excluding hydrogens is 428 g/mol. The topological polar surface area (TPSA) is 41.5 Å². The van der Waals surface area contributed by atoms with E-state index in [4.69, 9.17) is 4.99 Å². The number of benzene rings is 4. The summed E-state index contributed by atoms with van der Waals surface area (Å²) >= 11 is 0. The van der Waals surface area contributed by atoms with E-state index in [1.165, 1.54) is 5.56 Å². The van der Waals surface area contributed by atoms with Gasteiger partial charge in [0.15, 0.2) is 0 Å². The van der Waals surface area contributed by atoms with Crippen LogP contribution in [0.25, 0.3) is 0 Å².